The minimum atomic E-state index is -0.914. The first-order valence-corrected chi connectivity index (χ1v) is 5.55. The second kappa shape index (κ2) is 5.65. The molecule has 1 aromatic carbocycles. The summed E-state index contributed by atoms with van der Waals surface area (Å²) in [6, 6.07) is 7.17. The molecule has 1 aromatic rings. The van der Waals surface area contributed by atoms with Gasteiger partial charge in [0.15, 0.2) is 0 Å². The Morgan fingerprint density at radius 2 is 1.88 bits per heavy atom. The molecule has 0 aliphatic heterocycles. The number of aliphatic carboxylic acids is 1. The van der Waals surface area contributed by atoms with Crippen molar-refractivity contribution in [3.63, 3.8) is 0 Å². The molecule has 16 heavy (non-hydrogen) atoms. The lowest BCUT2D eigenvalue weighted by molar-refractivity contribution is -0.136. The van der Waals surface area contributed by atoms with E-state index in [1.54, 1.807) is 12.1 Å². The lowest BCUT2D eigenvalue weighted by atomic mass is 10.2. The number of halogens is 1. The highest BCUT2D eigenvalue weighted by Crippen LogP contribution is 2.18. The van der Waals surface area contributed by atoms with Crippen LogP contribution in [-0.4, -0.2) is 23.5 Å². The zero-order valence-electron chi connectivity index (χ0n) is 8.81. The van der Waals surface area contributed by atoms with Crippen LogP contribution in [0.1, 0.15) is 13.3 Å². The van der Waals surface area contributed by atoms with Crippen LogP contribution in [-0.2, 0) is 9.59 Å². The Balaban J connectivity index is 2.81. The van der Waals surface area contributed by atoms with Crippen molar-refractivity contribution in [3.05, 3.63) is 28.7 Å². The van der Waals surface area contributed by atoms with Gasteiger partial charge in [0, 0.05) is 23.6 Å². The van der Waals surface area contributed by atoms with E-state index in [0.29, 0.717) is 5.69 Å². The van der Waals surface area contributed by atoms with Gasteiger partial charge >= 0.3 is 5.97 Å². The number of carboxylic acid groups (broad SMARTS) is 1. The van der Waals surface area contributed by atoms with Crippen LogP contribution in [0.25, 0.3) is 0 Å². The summed E-state index contributed by atoms with van der Waals surface area (Å²) < 4.78 is 0.915. The Morgan fingerprint density at radius 1 is 1.31 bits per heavy atom. The number of benzene rings is 1. The van der Waals surface area contributed by atoms with E-state index in [-0.39, 0.29) is 18.9 Å². The summed E-state index contributed by atoms with van der Waals surface area (Å²) in [6.07, 6.45) is -0.0599. The fraction of sp³-hybridized carbons (Fsp3) is 0.273. The molecule has 0 fully saturated rings. The SMILES string of the molecule is CC(=O)N(CCC(=O)O)c1ccc(Br)cc1. The van der Waals surface area contributed by atoms with Gasteiger partial charge in [0.1, 0.15) is 0 Å². The zero-order chi connectivity index (χ0) is 12.1. The van der Waals surface area contributed by atoms with Crippen molar-refractivity contribution in [3.8, 4) is 0 Å². The van der Waals surface area contributed by atoms with E-state index >= 15 is 0 Å². The predicted molar refractivity (Wildman–Crippen MR) is 64.4 cm³/mol. The maximum absolute atomic E-state index is 11.4. The van der Waals surface area contributed by atoms with E-state index in [2.05, 4.69) is 15.9 Å². The molecule has 1 rings (SSSR count). The highest BCUT2D eigenvalue weighted by atomic mass is 79.9. The summed E-state index contributed by atoms with van der Waals surface area (Å²) in [6.45, 7) is 1.61. The molecule has 0 aliphatic carbocycles. The van der Waals surface area contributed by atoms with Crippen molar-refractivity contribution in [2.45, 2.75) is 13.3 Å². The Morgan fingerprint density at radius 3 is 2.31 bits per heavy atom. The van der Waals surface area contributed by atoms with Crippen LogP contribution < -0.4 is 4.90 Å². The fourth-order valence-electron chi connectivity index (χ4n) is 1.30. The molecule has 0 heterocycles. The Bertz CT molecular complexity index is 389. The van der Waals surface area contributed by atoms with Crippen LogP contribution in [0.5, 0.6) is 0 Å². The molecule has 0 saturated carbocycles. The largest absolute Gasteiger partial charge is 0.481 e. The summed E-state index contributed by atoms with van der Waals surface area (Å²) in [5.74, 6) is -1.08. The van der Waals surface area contributed by atoms with Crippen molar-refractivity contribution < 1.29 is 14.7 Å². The third kappa shape index (κ3) is 3.66. The Labute approximate surface area is 102 Å². The van der Waals surface area contributed by atoms with Gasteiger partial charge in [-0.05, 0) is 24.3 Å². The van der Waals surface area contributed by atoms with Gasteiger partial charge in [-0.2, -0.15) is 0 Å². The second-order valence-electron chi connectivity index (χ2n) is 3.29. The summed E-state index contributed by atoms with van der Waals surface area (Å²) in [4.78, 5) is 23.3. The number of anilines is 1. The van der Waals surface area contributed by atoms with E-state index in [1.165, 1.54) is 11.8 Å². The number of rotatable bonds is 4. The minimum absolute atomic E-state index is 0.0599. The summed E-state index contributed by atoms with van der Waals surface area (Å²) in [5, 5.41) is 8.59. The number of hydrogen-bond acceptors (Lipinski definition) is 2. The van der Waals surface area contributed by atoms with Gasteiger partial charge < -0.3 is 10.0 Å². The van der Waals surface area contributed by atoms with Gasteiger partial charge in [-0.1, -0.05) is 15.9 Å². The van der Waals surface area contributed by atoms with Crippen LogP contribution in [0.3, 0.4) is 0 Å². The van der Waals surface area contributed by atoms with Crippen molar-refractivity contribution in [2.75, 3.05) is 11.4 Å². The van der Waals surface area contributed by atoms with E-state index in [1.807, 2.05) is 12.1 Å². The number of carboxylic acids is 1. The highest BCUT2D eigenvalue weighted by molar-refractivity contribution is 9.10. The molecule has 0 saturated heterocycles. The minimum Gasteiger partial charge on any atom is -0.481 e. The molecule has 0 aliphatic rings. The Kier molecular flexibility index (Phi) is 4.49. The maximum Gasteiger partial charge on any atom is 0.305 e. The molecule has 4 nitrogen and oxygen atoms in total. The summed E-state index contributed by atoms with van der Waals surface area (Å²) >= 11 is 3.30. The molecule has 1 amide bonds. The molecule has 0 radical (unpaired) electrons. The topological polar surface area (TPSA) is 57.6 Å². The van der Waals surface area contributed by atoms with Crippen molar-refractivity contribution in [1.29, 1.82) is 0 Å². The lowest BCUT2D eigenvalue weighted by Gasteiger charge is -2.20. The average Bonchev–Trinajstić information content (AvgIpc) is 2.20. The van der Waals surface area contributed by atoms with Crippen LogP contribution in [0.2, 0.25) is 0 Å². The third-order valence-corrected chi connectivity index (χ3v) is 2.60. The first-order chi connectivity index (χ1) is 7.50. The molecule has 0 spiro atoms. The molecule has 0 unspecified atom stereocenters. The number of nitrogens with zero attached hydrogens (tertiary/aromatic N) is 1. The Hall–Kier alpha value is -1.36. The molecular formula is C11H12BrNO3. The number of amides is 1. The van der Waals surface area contributed by atoms with Gasteiger partial charge in [0.2, 0.25) is 5.91 Å². The predicted octanol–water partition coefficient (Wildman–Crippen LogP) is 2.28. The maximum atomic E-state index is 11.4. The van der Waals surface area contributed by atoms with Crippen LogP contribution in [0.15, 0.2) is 28.7 Å². The van der Waals surface area contributed by atoms with Gasteiger partial charge in [-0.25, -0.2) is 0 Å². The van der Waals surface area contributed by atoms with E-state index < -0.39 is 5.97 Å². The van der Waals surface area contributed by atoms with Crippen molar-refractivity contribution >= 4 is 33.5 Å². The van der Waals surface area contributed by atoms with Gasteiger partial charge in [-0.3, -0.25) is 9.59 Å². The van der Waals surface area contributed by atoms with E-state index in [0.717, 1.165) is 4.47 Å². The molecular weight excluding hydrogens is 274 g/mol. The number of carbonyl (C=O) groups is 2. The monoisotopic (exact) mass is 285 g/mol. The molecule has 0 bridgehead atoms. The van der Waals surface area contributed by atoms with Gasteiger partial charge in [0.25, 0.3) is 0 Å². The zero-order valence-corrected chi connectivity index (χ0v) is 10.4. The lowest BCUT2D eigenvalue weighted by Crippen LogP contribution is -2.30. The van der Waals surface area contributed by atoms with Crippen molar-refractivity contribution in [2.24, 2.45) is 0 Å². The summed E-state index contributed by atoms with van der Waals surface area (Å²) in [7, 11) is 0. The second-order valence-corrected chi connectivity index (χ2v) is 4.21. The highest BCUT2D eigenvalue weighted by Gasteiger charge is 2.12. The first kappa shape index (κ1) is 12.7. The normalized spacial score (nSPS) is 9.88. The average molecular weight is 286 g/mol. The third-order valence-electron chi connectivity index (χ3n) is 2.07. The van der Waals surface area contributed by atoms with E-state index in [9.17, 15) is 9.59 Å². The molecule has 0 atom stereocenters. The van der Waals surface area contributed by atoms with E-state index in [4.69, 9.17) is 5.11 Å². The quantitative estimate of drug-likeness (QED) is 0.923. The fourth-order valence-corrected chi connectivity index (χ4v) is 1.56. The van der Waals surface area contributed by atoms with Crippen LogP contribution in [0.4, 0.5) is 5.69 Å². The van der Waals surface area contributed by atoms with Crippen LogP contribution >= 0.6 is 15.9 Å². The molecule has 0 aromatic heterocycles. The van der Waals surface area contributed by atoms with Gasteiger partial charge in [0.05, 0.1) is 6.42 Å². The van der Waals surface area contributed by atoms with Gasteiger partial charge in [-0.15, -0.1) is 0 Å². The number of hydrogen-bond donors (Lipinski definition) is 1. The van der Waals surface area contributed by atoms with Crippen LogP contribution in [0, 0.1) is 0 Å². The molecule has 1 N–H and O–H groups in total. The van der Waals surface area contributed by atoms with Crippen molar-refractivity contribution in [1.82, 2.24) is 0 Å². The molecule has 5 heteroatoms. The standard InChI is InChI=1S/C11H12BrNO3/c1-8(14)13(7-6-11(15)16)10-4-2-9(12)3-5-10/h2-5H,6-7H2,1H3,(H,15,16). The smallest absolute Gasteiger partial charge is 0.305 e. The summed E-state index contributed by atoms with van der Waals surface area (Å²) in [5.41, 5.74) is 0.706. The molecule has 86 valence electrons. The number of carbonyl (C=O) groups excluding carboxylic acids is 1. The first-order valence-electron chi connectivity index (χ1n) is 4.76.